The molecule has 0 aliphatic heterocycles. The molecular weight excluding hydrogens is 324 g/mol. The SMILES string of the molecule is CCC(CNC(=O)Nc1c(C)cc(C)cc1Br)C(=O)O. The average molecular weight is 343 g/mol. The first kappa shape index (κ1) is 16.5. The van der Waals surface area contributed by atoms with Crippen LogP contribution in [0.3, 0.4) is 0 Å². The second kappa shape index (κ2) is 7.28. The number of carboxylic acid groups (broad SMARTS) is 1. The second-order valence-corrected chi connectivity index (χ2v) is 5.57. The molecular formula is C14H19BrN2O3. The van der Waals surface area contributed by atoms with Gasteiger partial charge in [0.05, 0.1) is 11.6 Å². The monoisotopic (exact) mass is 342 g/mol. The number of aryl methyl sites for hydroxylation is 2. The van der Waals surface area contributed by atoms with Crippen molar-refractivity contribution in [1.29, 1.82) is 0 Å². The summed E-state index contributed by atoms with van der Waals surface area (Å²) in [5.41, 5.74) is 2.73. The fourth-order valence-corrected chi connectivity index (χ4v) is 2.63. The van der Waals surface area contributed by atoms with Crippen molar-refractivity contribution in [3.05, 3.63) is 27.7 Å². The molecule has 0 fully saturated rings. The maximum absolute atomic E-state index is 11.8. The van der Waals surface area contributed by atoms with Crippen molar-refractivity contribution in [3.63, 3.8) is 0 Å². The molecule has 1 rings (SSSR count). The molecule has 5 nitrogen and oxygen atoms in total. The van der Waals surface area contributed by atoms with E-state index >= 15 is 0 Å². The van der Waals surface area contributed by atoms with Crippen LogP contribution in [0, 0.1) is 19.8 Å². The van der Waals surface area contributed by atoms with Crippen molar-refractivity contribution in [1.82, 2.24) is 5.32 Å². The highest BCUT2D eigenvalue weighted by atomic mass is 79.9. The first-order valence-electron chi connectivity index (χ1n) is 6.39. The second-order valence-electron chi connectivity index (χ2n) is 4.72. The Hall–Kier alpha value is -1.56. The Kier molecular flexibility index (Phi) is 6.01. The van der Waals surface area contributed by atoms with Crippen LogP contribution in [0.1, 0.15) is 24.5 Å². The van der Waals surface area contributed by atoms with E-state index < -0.39 is 17.9 Å². The van der Waals surface area contributed by atoms with Crippen LogP contribution in [0.25, 0.3) is 0 Å². The van der Waals surface area contributed by atoms with Crippen molar-refractivity contribution in [2.75, 3.05) is 11.9 Å². The van der Waals surface area contributed by atoms with Gasteiger partial charge in [0, 0.05) is 11.0 Å². The molecule has 1 aromatic carbocycles. The van der Waals surface area contributed by atoms with E-state index in [2.05, 4.69) is 26.6 Å². The molecule has 0 radical (unpaired) electrons. The number of carboxylic acids is 1. The van der Waals surface area contributed by atoms with Gasteiger partial charge < -0.3 is 15.7 Å². The topological polar surface area (TPSA) is 78.4 Å². The Balaban J connectivity index is 2.66. The van der Waals surface area contributed by atoms with Crippen molar-refractivity contribution >= 4 is 33.6 Å². The van der Waals surface area contributed by atoms with E-state index in [1.54, 1.807) is 6.92 Å². The van der Waals surface area contributed by atoms with Gasteiger partial charge in [-0.3, -0.25) is 4.79 Å². The van der Waals surface area contributed by atoms with E-state index in [1.165, 1.54) is 0 Å². The number of urea groups is 1. The smallest absolute Gasteiger partial charge is 0.319 e. The molecule has 6 heteroatoms. The van der Waals surface area contributed by atoms with Crippen LogP contribution in [0.5, 0.6) is 0 Å². The first-order chi connectivity index (χ1) is 9.35. The summed E-state index contributed by atoms with van der Waals surface area (Å²) in [7, 11) is 0. The fourth-order valence-electron chi connectivity index (χ4n) is 1.85. The summed E-state index contributed by atoms with van der Waals surface area (Å²) < 4.78 is 0.801. The molecule has 1 unspecified atom stereocenters. The Bertz CT molecular complexity index is 494. The molecule has 0 saturated carbocycles. The molecule has 0 aromatic heterocycles. The van der Waals surface area contributed by atoms with E-state index in [-0.39, 0.29) is 6.54 Å². The van der Waals surface area contributed by atoms with Gasteiger partial charge in [0.25, 0.3) is 0 Å². The number of halogens is 1. The molecule has 20 heavy (non-hydrogen) atoms. The molecule has 0 aliphatic carbocycles. The fraction of sp³-hybridized carbons (Fsp3) is 0.429. The third-order valence-corrected chi connectivity index (χ3v) is 3.65. The lowest BCUT2D eigenvalue weighted by atomic mass is 10.1. The average Bonchev–Trinajstić information content (AvgIpc) is 2.34. The standard InChI is InChI=1S/C14H19BrN2O3/c1-4-10(13(18)19)7-16-14(20)17-12-9(3)5-8(2)6-11(12)15/h5-6,10H,4,7H2,1-3H3,(H,18,19)(H2,16,17,20). The summed E-state index contributed by atoms with van der Waals surface area (Å²) in [5.74, 6) is -1.47. The van der Waals surface area contributed by atoms with Crippen LogP contribution in [0.2, 0.25) is 0 Å². The Morgan fingerprint density at radius 3 is 2.50 bits per heavy atom. The number of rotatable bonds is 5. The zero-order chi connectivity index (χ0) is 15.3. The molecule has 0 heterocycles. The lowest BCUT2D eigenvalue weighted by molar-refractivity contribution is -0.141. The Labute approximate surface area is 126 Å². The number of amides is 2. The van der Waals surface area contributed by atoms with Crippen molar-refractivity contribution in [2.24, 2.45) is 5.92 Å². The number of anilines is 1. The number of hydrogen-bond acceptors (Lipinski definition) is 2. The molecule has 3 N–H and O–H groups in total. The highest BCUT2D eigenvalue weighted by Gasteiger charge is 2.16. The minimum Gasteiger partial charge on any atom is -0.481 e. The summed E-state index contributed by atoms with van der Waals surface area (Å²) in [6.07, 6.45) is 0.475. The first-order valence-corrected chi connectivity index (χ1v) is 7.18. The molecule has 1 aromatic rings. The summed E-state index contributed by atoms with van der Waals surface area (Å²) >= 11 is 3.41. The van der Waals surface area contributed by atoms with Crippen LogP contribution in [0.4, 0.5) is 10.5 Å². The molecule has 1 atom stereocenters. The van der Waals surface area contributed by atoms with Gasteiger partial charge in [-0.2, -0.15) is 0 Å². The maximum Gasteiger partial charge on any atom is 0.319 e. The number of nitrogens with one attached hydrogen (secondary N) is 2. The predicted molar refractivity (Wildman–Crippen MR) is 82.1 cm³/mol. The van der Waals surface area contributed by atoms with Crippen LogP contribution >= 0.6 is 15.9 Å². The van der Waals surface area contributed by atoms with E-state index in [9.17, 15) is 9.59 Å². The number of hydrogen-bond donors (Lipinski definition) is 3. The summed E-state index contributed by atoms with van der Waals surface area (Å²) in [6, 6.07) is 3.47. The minimum atomic E-state index is -0.902. The largest absolute Gasteiger partial charge is 0.481 e. The van der Waals surface area contributed by atoms with Gasteiger partial charge in [0.2, 0.25) is 0 Å². The third kappa shape index (κ3) is 4.52. The van der Waals surface area contributed by atoms with Crippen LogP contribution in [-0.2, 0) is 4.79 Å². The predicted octanol–water partition coefficient (Wildman–Crippen LogP) is 3.30. The number of benzene rings is 1. The third-order valence-electron chi connectivity index (χ3n) is 3.02. The van der Waals surface area contributed by atoms with Crippen molar-refractivity contribution in [2.45, 2.75) is 27.2 Å². The van der Waals surface area contributed by atoms with E-state index in [1.807, 2.05) is 26.0 Å². The van der Waals surface area contributed by atoms with Crippen molar-refractivity contribution in [3.8, 4) is 0 Å². The quantitative estimate of drug-likeness (QED) is 0.768. The van der Waals surface area contributed by atoms with Crippen LogP contribution in [-0.4, -0.2) is 23.7 Å². The number of carbonyl (C=O) groups excluding carboxylic acids is 1. The lowest BCUT2D eigenvalue weighted by Gasteiger charge is -2.14. The van der Waals surface area contributed by atoms with Gasteiger partial charge in [0.1, 0.15) is 0 Å². The lowest BCUT2D eigenvalue weighted by Crippen LogP contribution is -2.35. The van der Waals surface area contributed by atoms with Gasteiger partial charge in [0.15, 0.2) is 0 Å². The molecule has 2 amide bonds. The normalized spacial score (nSPS) is 11.8. The maximum atomic E-state index is 11.8. The number of carbonyl (C=O) groups is 2. The molecule has 0 aliphatic rings. The summed E-state index contributed by atoms with van der Waals surface area (Å²) in [5, 5.41) is 14.2. The highest BCUT2D eigenvalue weighted by molar-refractivity contribution is 9.10. The summed E-state index contributed by atoms with van der Waals surface area (Å²) in [6.45, 7) is 5.76. The van der Waals surface area contributed by atoms with Gasteiger partial charge in [-0.05, 0) is 53.4 Å². The van der Waals surface area contributed by atoms with E-state index in [0.29, 0.717) is 12.1 Å². The Morgan fingerprint density at radius 1 is 1.35 bits per heavy atom. The van der Waals surface area contributed by atoms with Crippen LogP contribution < -0.4 is 10.6 Å². The van der Waals surface area contributed by atoms with Gasteiger partial charge in [-0.1, -0.05) is 13.0 Å². The van der Waals surface area contributed by atoms with Crippen molar-refractivity contribution < 1.29 is 14.7 Å². The van der Waals surface area contributed by atoms with Gasteiger partial charge in [-0.25, -0.2) is 4.79 Å². The number of aliphatic carboxylic acids is 1. The van der Waals surface area contributed by atoms with Gasteiger partial charge >= 0.3 is 12.0 Å². The molecule has 0 saturated heterocycles. The Morgan fingerprint density at radius 2 is 2.00 bits per heavy atom. The van der Waals surface area contributed by atoms with Crippen LogP contribution in [0.15, 0.2) is 16.6 Å². The summed E-state index contributed by atoms with van der Waals surface area (Å²) in [4.78, 5) is 22.7. The molecule has 110 valence electrons. The van der Waals surface area contributed by atoms with E-state index in [0.717, 1.165) is 15.6 Å². The molecule has 0 spiro atoms. The molecule has 0 bridgehead atoms. The highest BCUT2D eigenvalue weighted by Crippen LogP contribution is 2.27. The zero-order valence-electron chi connectivity index (χ0n) is 11.8. The van der Waals surface area contributed by atoms with Gasteiger partial charge in [-0.15, -0.1) is 0 Å². The zero-order valence-corrected chi connectivity index (χ0v) is 13.4. The van der Waals surface area contributed by atoms with E-state index in [4.69, 9.17) is 5.11 Å². The minimum absolute atomic E-state index is 0.111.